The van der Waals surface area contributed by atoms with Crippen molar-refractivity contribution in [3.05, 3.63) is 12.4 Å². The predicted octanol–water partition coefficient (Wildman–Crippen LogP) is -0.118. The molecule has 0 saturated heterocycles. The molecule has 0 aromatic rings. The second-order valence-electron chi connectivity index (χ2n) is 1.28. The van der Waals surface area contributed by atoms with Gasteiger partial charge in [-0.3, -0.25) is 4.84 Å². The molecule has 7 heavy (non-hydrogen) atoms. The Kier molecular flexibility index (Phi) is 1.17. The van der Waals surface area contributed by atoms with Crippen LogP contribution in [0.4, 0.5) is 0 Å². The molecule has 40 valence electrons. The van der Waals surface area contributed by atoms with Gasteiger partial charge in [-0.2, -0.15) is 0 Å². The number of nitrogens with one attached hydrogen (secondary N) is 1. The van der Waals surface area contributed by atoms with E-state index in [1.165, 1.54) is 0 Å². The van der Waals surface area contributed by atoms with Gasteiger partial charge in [0.1, 0.15) is 6.67 Å². The summed E-state index contributed by atoms with van der Waals surface area (Å²) in [5.41, 5.74) is 0. The van der Waals surface area contributed by atoms with Crippen LogP contribution in [-0.2, 0) is 4.84 Å². The molecule has 0 unspecified atom stereocenters. The zero-order valence-corrected chi connectivity index (χ0v) is 4.22. The molecule has 0 saturated carbocycles. The van der Waals surface area contributed by atoms with Crippen LogP contribution in [-0.4, -0.2) is 18.8 Å². The lowest BCUT2D eigenvalue weighted by Gasteiger charge is -2.08. The van der Waals surface area contributed by atoms with Gasteiger partial charge < -0.3 is 5.32 Å². The molecule has 0 aromatic heterocycles. The fourth-order valence-corrected chi connectivity index (χ4v) is 0.457. The maximum atomic E-state index is 4.80. The largest absolute Gasteiger partial charge is 0.371 e. The Morgan fingerprint density at radius 1 is 1.86 bits per heavy atom. The first-order valence-corrected chi connectivity index (χ1v) is 2.14. The molecule has 1 aliphatic rings. The third kappa shape index (κ3) is 0.838. The van der Waals surface area contributed by atoms with E-state index in [9.17, 15) is 0 Å². The maximum absolute atomic E-state index is 4.80. The van der Waals surface area contributed by atoms with Gasteiger partial charge in [0.2, 0.25) is 0 Å². The summed E-state index contributed by atoms with van der Waals surface area (Å²) in [6, 6.07) is 0. The fraction of sp³-hybridized carbons (Fsp3) is 0.500. The number of hydrogen-bond acceptors (Lipinski definition) is 3. The molecule has 0 bridgehead atoms. The predicted molar refractivity (Wildman–Crippen MR) is 26.0 cm³/mol. The first-order chi connectivity index (χ1) is 3.43. The van der Waals surface area contributed by atoms with Crippen molar-refractivity contribution in [1.29, 1.82) is 0 Å². The van der Waals surface area contributed by atoms with Gasteiger partial charge in [-0.05, 0) is 0 Å². The third-order valence-corrected chi connectivity index (χ3v) is 0.840. The molecule has 0 aliphatic carbocycles. The van der Waals surface area contributed by atoms with E-state index in [4.69, 9.17) is 4.84 Å². The third-order valence-electron chi connectivity index (χ3n) is 0.840. The Labute approximate surface area is 42.5 Å². The first-order valence-electron chi connectivity index (χ1n) is 2.14. The molecular formula is C4H8N2O. The van der Waals surface area contributed by atoms with Crippen LogP contribution in [0.5, 0.6) is 0 Å². The van der Waals surface area contributed by atoms with Gasteiger partial charge in [0.25, 0.3) is 0 Å². The highest BCUT2D eigenvalue weighted by atomic mass is 16.7. The molecule has 3 heteroatoms. The van der Waals surface area contributed by atoms with Crippen molar-refractivity contribution in [3.63, 3.8) is 0 Å². The molecule has 0 spiro atoms. The van der Waals surface area contributed by atoms with Crippen molar-refractivity contribution >= 4 is 0 Å². The van der Waals surface area contributed by atoms with Gasteiger partial charge in [-0.25, -0.2) is 5.06 Å². The zero-order valence-electron chi connectivity index (χ0n) is 4.22. The SMILES string of the molecule is CON1C=CNC1. The van der Waals surface area contributed by atoms with Gasteiger partial charge in [0, 0.05) is 12.4 Å². The summed E-state index contributed by atoms with van der Waals surface area (Å²) in [4.78, 5) is 4.80. The molecule has 1 aliphatic heterocycles. The number of nitrogens with zero attached hydrogens (tertiary/aromatic N) is 1. The van der Waals surface area contributed by atoms with E-state index < -0.39 is 0 Å². The highest BCUT2D eigenvalue weighted by Gasteiger charge is 1.97. The van der Waals surface area contributed by atoms with Crippen molar-refractivity contribution in [2.45, 2.75) is 0 Å². The summed E-state index contributed by atoms with van der Waals surface area (Å²) in [5, 5.41) is 4.64. The molecule has 1 heterocycles. The lowest BCUT2D eigenvalue weighted by molar-refractivity contribution is -0.0824. The van der Waals surface area contributed by atoms with E-state index in [2.05, 4.69) is 5.32 Å². The van der Waals surface area contributed by atoms with Crippen molar-refractivity contribution in [2.75, 3.05) is 13.8 Å². The summed E-state index contributed by atoms with van der Waals surface area (Å²) < 4.78 is 0. The number of hydroxylamine groups is 2. The Morgan fingerprint density at radius 2 is 2.71 bits per heavy atom. The van der Waals surface area contributed by atoms with Gasteiger partial charge in [-0.15, -0.1) is 0 Å². The Bertz CT molecular complexity index is 81.8. The van der Waals surface area contributed by atoms with Crippen LogP contribution in [0, 0.1) is 0 Å². The molecule has 1 rings (SSSR count). The van der Waals surface area contributed by atoms with Gasteiger partial charge in [0.15, 0.2) is 0 Å². The lowest BCUT2D eigenvalue weighted by atomic mass is 11.0. The van der Waals surface area contributed by atoms with Crippen LogP contribution in [0.3, 0.4) is 0 Å². The minimum Gasteiger partial charge on any atom is -0.371 e. The van der Waals surface area contributed by atoms with Gasteiger partial charge in [-0.1, -0.05) is 0 Å². The fourth-order valence-electron chi connectivity index (χ4n) is 0.457. The quantitative estimate of drug-likeness (QED) is 0.497. The second-order valence-corrected chi connectivity index (χ2v) is 1.28. The highest BCUT2D eigenvalue weighted by Crippen LogP contribution is 1.90. The van der Waals surface area contributed by atoms with Crippen LogP contribution in [0.25, 0.3) is 0 Å². The zero-order chi connectivity index (χ0) is 5.11. The van der Waals surface area contributed by atoms with Crippen LogP contribution in [0.2, 0.25) is 0 Å². The van der Waals surface area contributed by atoms with Crippen LogP contribution in [0.15, 0.2) is 12.4 Å². The molecule has 0 radical (unpaired) electrons. The van der Waals surface area contributed by atoms with E-state index in [1.54, 1.807) is 12.2 Å². The highest BCUT2D eigenvalue weighted by molar-refractivity contribution is 4.82. The Morgan fingerprint density at radius 3 is 3.00 bits per heavy atom. The molecule has 0 amide bonds. The molecule has 1 N–H and O–H groups in total. The topological polar surface area (TPSA) is 24.5 Å². The summed E-state index contributed by atoms with van der Waals surface area (Å²) >= 11 is 0. The second kappa shape index (κ2) is 1.84. The van der Waals surface area contributed by atoms with Gasteiger partial charge >= 0.3 is 0 Å². The van der Waals surface area contributed by atoms with E-state index in [0.717, 1.165) is 6.67 Å². The van der Waals surface area contributed by atoms with Crippen LogP contribution < -0.4 is 5.32 Å². The van der Waals surface area contributed by atoms with E-state index in [1.807, 2.05) is 12.4 Å². The molecule has 0 atom stereocenters. The standard InChI is InChI=1S/C4H8N2O/c1-7-6-3-2-5-4-6/h2-3,5H,4H2,1H3. The smallest absolute Gasteiger partial charge is 0.113 e. The maximum Gasteiger partial charge on any atom is 0.113 e. The Balaban J connectivity index is 2.28. The van der Waals surface area contributed by atoms with Gasteiger partial charge in [0.05, 0.1) is 7.11 Å². The molecule has 3 nitrogen and oxygen atoms in total. The number of rotatable bonds is 1. The van der Waals surface area contributed by atoms with Crippen LogP contribution in [0.1, 0.15) is 0 Å². The summed E-state index contributed by atoms with van der Waals surface area (Å²) in [5.74, 6) is 0. The Hall–Kier alpha value is -0.700. The average Bonchev–Trinajstić information content (AvgIpc) is 2.14. The van der Waals surface area contributed by atoms with Crippen LogP contribution >= 0.6 is 0 Å². The molecule has 0 fully saturated rings. The van der Waals surface area contributed by atoms with Crippen molar-refractivity contribution < 1.29 is 4.84 Å². The first kappa shape index (κ1) is 4.46. The minimum absolute atomic E-state index is 0.760. The lowest BCUT2D eigenvalue weighted by Crippen LogP contribution is -2.18. The summed E-state index contributed by atoms with van der Waals surface area (Å²) in [6.07, 6.45) is 3.67. The van der Waals surface area contributed by atoms with Crippen molar-refractivity contribution in [3.8, 4) is 0 Å². The summed E-state index contributed by atoms with van der Waals surface area (Å²) in [6.45, 7) is 0.760. The number of hydrogen-bond donors (Lipinski definition) is 1. The minimum atomic E-state index is 0.760. The monoisotopic (exact) mass is 100 g/mol. The molecule has 0 aromatic carbocycles. The molecular weight excluding hydrogens is 92.1 g/mol. The normalized spacial score (nSPS) is 17.6. The van der Waals surface area contributed by atoms with E-state index in [-0.39, 0.29) is 0 Å². The summed E-state index contributed by atoms with van der Waals surface area (Å²) in [7, 11) is 1.64. The van der Waals surface area contributed by atoms with Crippen molar-refractivity contribution in [2.24, 2.45) is 0 Å². The van der Waals surface area contributed by atoms with E-state index >= 15 is 0 Å². The average molecular weight is 100 g/mol. The van der Waals surface area contributed by atoms with E-state index in [0.29, 0.717) is 0 Å². The van der Waals surface area contributed by atoms with Crippen molar-refractivity contribution in [1.82, 2.24) is 10.4 Å².